The zero-order valence-corrected chi connectivity index (χ0v) is 27.7. The van der Waals surface area contributed by atoms with Crippen LogP contribution in [0.25, 0.3) is 0 Å². The van der Waals surface area contributed by atoms with E-state index in [1.807, 2.05) is 0 Å². The SMILES string of the molecule is C1=CCC(C2=NC(C3=CC=C(C4CC=C(C5=CCC(c6ccccc6)N=C5C5C=CC=CC5)CC4)CC3)NC(c3ccccc3)N2)C=C1. The topological polar surface area (TPSA) is 48.8 Å². The van der Waals surface area contributed by atoms with Gasteiger partial charge in [-0.15, -0.1) is 0 Å². The van der Waals surface area contributed by atoms with Gasteiger partial charge in [-0.1, -0.05) is 139 Å². The van der Waals surface area contributed by atoms with Gasteiger partial charge in [0.05, 0.1) is 6.04 Å². The number of nitrogens with one attached hydrogen (secondary N) is 2. The summed E-state index contributed by atoms with van der Waals surface area (Å²) in [7, 11) is 0. The van der Waals surface area contributed by atoms with Crippen molar-refractivity contribution in [2.75, 3.05) is 0 Å². The van der Waals surface area contributed by atoms with Crippen molar-refractivity contribution in [3.05, 3.63) is 167 Å². The van der Waals surface area contributed by atoms with Crippen LogP contribution in [0, 0.1) is 17.8 Å². The third-order valence-electron chi connectivity index (χ3n) is 10.8. The van der Waals surface area contributed by atoms with Crippen molar-refractivity contribution < 1.29 is 0 Å². The molecule has 0 spiro atoms. The molecule has 2 heterocycles. The van der Waals surface area contributed by atoms with Crippen molar-refractivity contribution in [1.29, 1.82) is 0 Å². The van der Waals surface area contributed by atoms with Crippen LogP contribution >= 0.6 is 0 Å². The number of allylic oxidation sites excluding steroid dienone is 13. The van der Waals surface area contributed by atoms with Crippen LogP contribution in [-0.4, -0.2) is 17.7 Å². The molecule has 2 aliphatic heterocycles. The van der Waals surface area contributed by atoms with E-state index in [1.165, 1.54) is 40.0 Å². The highest BCUT2D eigenvalue weighted by Gasteiger charge is 2.31. The van der Waals surface area contributed by atoms with E-state index in [0.29, 0.717) is 17.8 Å². The molecule has 4 heteroatoms. The van der Waals surface area contributed by atoms with Crippen molar-refractivity contribution in [3.63, 3.8) is 0 Å². The molecule has 0 saturated heterocycles. The Hall–Kier alpha value is -4.54. The fourth-order valence-electron chi connectivity index (χ4n) is 8.10. The predicted molar refractivity (Wildman–Crippen MR) is 200 cm³/mol. The van der Waals surface area contributed by atoms with Crippen LogP contribution in [0.3, 0.4) is 0 Å². The number of rotatable bonds is 7. The lowest BCUT2D eigenvalue weighted by atomic mass is 9.76. The summed E-state index contributed by atoms with van der Waals surface area (Å²) in [5.41, 5.74) is 9.75. The predicted octanol–water partition coefficient (Wildman–Crippen LogP) is 9.75. The average molecular weight is 631 g/mol. The van der Waals surface area contributed by atoms with E-state index in [0.717, 1.165) is 50.8 Å². The maximum atomic E-state index is 5.43. The Labute approximate surface area is 286 Å². The minimum absolute atomic E-state index is 0.0132. The number of benzene rings is 2. The number of dihydropyridines is 1. The quantitative estimate of drug-likeness (QED) is 0.320. The molecule has 0 fully saturated rings. The molecule has 8 rings (SSSR count). The van der Waals surface area contributed by atoms with Crippen molar-refractivity contribution in [2.45, 2.75) is 69.7 Å². The van der Waals surface area contributed by atoms with Crippen molar-refractivity contribution in [3.8, 4) is 0 Å². The van der Waals surface area contributed by atoms with Crippen LogP contribution in [0.2, 0.25) is 0 Å². The molecule has 0 saturated carbocycles. The summed E-state index contributed by atoms with van der Waals surface area (Å²) < 4.78 is 0. The highest BCUT2D eigenvalue weighted by atomic mass is 15.3. The second-order valence-corrected chi connectivity index (χ2v) is 13.9. The van der Waals surface area contributed by atoms with E-state index in [9.17, 15) is 0 Å². The second kappa shape index (κ2) is 14.3. The van der Waals surface area contributed by atoms with Crippen LogP contribution < -0.4 is 10.6 Å². The molecular weight excluding hydrogens is 585 g/mol. The molecule has 0 radical (unpaired) electrons. The van der Waals surface area contributed by atoms with E-state index >= 15 is 0 Å². The zero-order valence-electron chi connectivity index (χ0n) is 27.7. The average Bonchev–Trinajstić information content (AvgIpc) is 3.19. The van der Waals surface area contributed by atoms with Crippen molar-refractivity contribution in [2.24, 2.45) is 27.7 Å². The Kier molecular flexibility index (Phi) is 9.16. The summed E-state index contributed by atoms with van der Waals surface area (Å²) in [6.07, 6.45) is 36.3. The lowest BCUT2D eigenvalue weighted by molar-refractivity contribution is 0.412. The summed E-state index contributed by atoms with van der Waals surface area (Å²) >= 11 is 0. The first kappa shape index (κ1) is 30.8. The Morgan fingerprint density at radius 1 is 0.625 bits per heavy atom. The van der Waals surface area contributed by atoms with E-state index < -0.39 is 0 Å². The normalized spacial score (nSPS) is 29.9. The molecule has 6 aliphatic rings. The summed E-state index contributed by atoms with van der Waals surface area (Å²) in [4.78, 5) is 10.7. The standard InChI is InChI=1S/C44H46N4/c1-5-13-34(14-6-1)40-30-29-39(41(45-40)35-15-7-2-8-16-35)33-25-21-31(22-26-33)32-23-27-38(28-24-32)44-47-42(36-17-9-3-10-18-36)46-43(48-44)37-19-11-4-12-20-37/h1-15,17-19,23,25,27,29,31,35,37,40,42,44,47H,16,20-22,24,26,28,30H2,(H,46,48). The van der Waals surface area contributed by atoms with Gasteiger partial charge in [0, 0.05) is 17.5 Å². The lowest BCUT2D eigenvalue weighted by Gasteiger charge is -2.36. The van der Waals surface area contributed by atoms with Gasteiger partial charge in [0.15, 0.2) is 0 Å². The van der Waals surface area contributed by atoms with Gasteiger partial charge in [0.2, 0.25) is 0 Å². The molecule has 6 atom stereocenters. The molecule has 0 bridgehead atoms. The second-order valence-electron chi connectivity index (χ2n) is 13.9. The van der Waals surface area contributed by atoms with Gasteiger partial charge < -0.3 is 5.32 Å². The van der Waals surface area contributed by atoms with Crippen LogP contribution in [0.4, 0.5) is 0 Å². The first-order valence-electron chi connectivity index (χ1n) is 18.0. The maximum Gasteiger partial charge on any atom is 0.125 e. The zero-order chi connectivity index (χ0) is 32.1. The molecule has 242 valence electrons. The fourth-order valence-corrected chi connectivity index (χ4v) is 8.10. The van der Waals surface area contributed by atoms with Crippen LogP contribution in [0.5, 0.6) is 0 Å². The molecule has 6 unspecified atom stereocenters. The Bertz CT molecular complexity index is 1800. The molecule has 2 aromatic rings. The molecule has 2 N–H and O–H groups in total. The summed E-state index contributed by atoms with van der Waals surface area (Å²) in [5.74, 6) is 2.35. The van der Waals surface area contributed by atoms with E-state index in [4.69, 9.17) is 9.98 Å². The first-order valence-corrected chi connectivity index (χ1v) is 18.0. The molecule has 48 heavy (non-hydrogen) atoms. The molecule has 4 nitrogen and oxygen atoms in total. The maximum absolute atomic E-state index is 5.43. The van der Waals surface area contributed by atoms with Gasteiger partial charge >= 0.3 is 0 Å². The number of hydrogen-bond donors (Lipinski definition) is 2. The number of nitrogens with zero attached hydrogens (tertiary/aromatic N) is 2. The summed E-state index contributed by atoms with van der Waals surface area (Å²) in [5, 5.41) is 7.53. The number of hydrogen-bond acceptors (Lipinski definition) is 4. The van der Waals surface area contributed by atoms with E-state index in [-0.39, 0.29) is 18.4 Å². The number of amidine groups is 1. The fraction of sp³-hybridized carbons (Fsp3) is 0.318. The van der Waals surface area contributed by atoms with Gasteiger partial charge in [-0.2, -0.15) is 0 Å². The Balaban J connectivity index is 0.982. The minimum Gasteiger partial charge on any atom is -0.354 e. The van der Waals surface area contributed by atoms with Gasteiger partial charge in [-0.3, -0.25) is 10.3 Å². The van der Waals surface area contributed by atoms with Crippen molar-refractivity contribution >= 4 is 11.5 Å². The highest BCUT2D eigenvalue weighted by Crippen LogP contribution is 2.41. The molecule has 2 aromatic carbocycles. The minimum atomic E-state index is -0.0132. The Morgan fingerprint density at radius 3 is 2.00 bits per heavy atom. The lowest BCUT2D eigenvalue weighted by Crippen LogP contribution is -2.50. The molecule has 4 aliphatic carbocycles. The van der Waals surface area contributed by atoms with Crippen LogP contribution in [0.1, 0.15) is 74.7 Å². The smallest absolute Gasteiger partial charge is 0.125 e. The third kappa shape index (κ3) is 6.73. The van der Waals surface area contributed by atoms with Crippen LogP contribution in [0.15, 0.2) is 166 Å². The van der Waals surface area contributed by atoms with Gasteiger partial charge in [0.25, 0.3) is 0 Å². The largest absolute Gasteiger partial charge is 0.354 e. The first-order chi connectivity index (χ1) is 23.8. The molecule has 0 aromatic heterocycles. The highest BCUT2D eigenvalue weighted by molar-refractivity contribution is 6.07. The number of aliphatic imine (C=N–C) groups is 2. The summed E-state index contributed by atoms with van der Waals surface area (Å²) in [6, 6.07) is 21.7. The van der Waals surface area contributed by atoms with E-state index in [1.54, 1.807) is 5.57 Å². The van der Waals surface area contributed by atoms with Gasteiger partial charge in [0.1, 0.15) is 18.2 Å². The summed E-state index contributed by atoms with van der Waals surface area (Å²) in [6.45, 7) is 0. The van der Waals surface area contributed by atoms with E-state index in [2.05, 4.69) is 144 Å². The van der Waals surface area contributed by atoms with Gasteiger partial charge in [-0.05, 0) is 85.1 Å². The van der Waals surface area contributed by atoms with Crippen LogP contribution in [-0.2, 0) is 0 Å². The molecular formula is C44H46N4. The molecule has 0 amide bonds. The van der Waals surface area contributed by atoms with Crippen molar-refractivity contribution in [1.82, 2.24) is 10.6 Å². The third-order valence-corrected chi connectivity index (χ3v) is 10.8. The van der Waals surface area contributed by atoms with Gasteiger partial charge in [-0.25, -0.2) is 4.99 Å². The monoisotopic (exact) mass is 630 g/mol. The Morgan fingerprint density at radius 2 is 1.33 bits per heavy atom.